The second-order valence-electron chi connectivity index (χ2n) is 9.56. The van der Waals surface area contributed by atoms with Gasteiger partial charge in [0.1, 0.15) is 0 Å². The van der Waals surface area contributed by atoms with Crippen LogP contribution in [0.15, 0.2) is 29.3 Å². The Bertz CT molecular complexity index is 688. The first-order valence-electron chi connectivity index (χ1n) is 12.8. The van der Waals surface area contributed by atoms with Gasteiger partial charge in [-0.25, -0.2) is 4.99 Å². The molecule has 0 spiro atoms. The molecule has 1 aliphatic heterocycles. The van der Waals surface area contributed by atoms with E-state index in [2.05, 4.69) is 58.5 Å². The Kier molecular flexibility index (Phi) is 10.3. The summed E-state index contributed by atoms with van der Waals surface area (Å²) in [7, 11) is 0. The van der Waals surface area contributed by atoms with Gasteiger partial charge in [-0.3, -0.25) is 4.90 Å². The lowest BCUT2D eigenvalue weighted by Crippen LogP contribution is -2.45. The zero-order valence-electron chi connectivity index (χ0n) is 20.4. The normalized spacial score (nSPS) is 20.3. The molecule has 2 aliphatic rings. The summed E-state index contributed by atoms with van der Waals surface area (Å²) in [5.74, 6) is 0.891. The molecule has 0 atom stereocenters. The molecule has 6 heteroatoms. The summed E-state index contributed by atoms with van der Waals surface area (Å²) in [5.41, 5.74) is 2.91. The molecule has 6 nitrogen and oxygen atoms in total. The van der Waals surface area contributed by atoms with Crippen molar-refractivity contribution in [3.8, 4) is 0 Å². The van der Waals surface area contributed by atoms with Crippen LogP contribution in [0, 0.1) is 5.41 Å². The van der Waals surface area contributed by atoms with Gasteiger partial charge in [0.25, 0.3) is 0 Å². The SMILES string of the molecule is CCNC(=NCc1ccccc1CN1CCN(CC)CC1)NCC1(CCO)CCCCC1. The molecule has 1 saturated heterocycles. The largest absolute Gasteiger partial charge is 0.396 e. The number of nitrogens with zero attached hydrogens (tertiary/aromatic N) is 3. The zero-order chi connectivity index (χ0) is 22.7. The van der Waals surface area contributed by atoms with Crippen molar-refractivity contribution in [2.75, 3.05) is 52.4 Å². The minimum absolute atomic E-state index is 0.210. The maximum absolute atomic E-state index is 9.62. The Labute approximate surface area is 195 Å². The summed E-state index contributed by atoms with van der Waals surface area (Å²) in [5, 5.41) is 16.7. The highest BCUT2D eigenvalue weighted by atomic mass is 16.3. The molecule has 3 rings (SSSR count). The van der Waals surface area contributed by atoms with E-state index in [9.17, 15) is 5.11 Å². The molecule has 0 unspecified atom stereocenters. The van der Waals surface area contributed by atoms with Crippen molar-refractivity contribution in [3.63, 3.8) is 0 Å². The molecule has 32 heavy (non-hydrogen) atoms. The van der Waals surface area contributed by atoms with E-state index in [0.29, 0.717) is 6.54 Å². The molecule has 2 fully saturated rings. The zero-order valence-corrected chi connectivity index (χ0v) is 20.4. The average molecular weight is 444 g/mol. The number of guanidine groups is 1. The molecule has 0 aromatic heterocycles. The predicted molar refractivity (Wildman–Crippen MR) is 134 cm³/mol. The fourth-order valence-electron chi connectivity index (χ4n) is 5.20. The summed E-state index contributed by atoms with van der Waals surface area (Å²) in [6.45, 7) is 13.8. The fourth-order valence-corrected chi connectivity index (χ4v) is 5.20. The third-order valence-corrected chi connectivity index (χ3v) is 7.36. The molecule has 1 aliphatic carbocycles. The number of likely N-dealkylation sites (N-methyl/N-ethyl adjacent to an activating group) is 1. The van der Waals surface area contributed by atoms with E-state index in [4.69, 9.17) is 4.99 Å². The van der Waals surface area contributed by atoms with Gasteiger partial charge in [0.05, 0.1) is 6.54 Å². The van der Waals surface area contributed by atoms with Gasteiger partial charge >= 0.3 is 0 Å². The van der Waals surface area contributed by atoms with E-state index in [-0.39, 0.29) is 12.0 Å². The lowest BCUT2D eigenvalue weighted by atomic mass is 9.72. The van der Waals surface area contributed by atoms with E-state index in [1.165, 1.54) is 56.3 Å². The van der Waals surface area contributed by atoms with Gasteiger partial charge in [-0.1, -0.05) is 50.5 Å². The molecule has 1 saturated carbocycles. The van der Waals surface area contributed by atoms with E-state index in [1.807, 2.05) is 0 Å². The standard InChI is InChI=1S/C26H45N5O/c1-3-27-25(29-22-26(14-19-32)12-8-5-9-13-26)28-20-23-10-6-7-11-24(23)21-31-17-15-30(4-2)16-18-31/h6-7,10-11,32H,3-5,8-9,12-22H2,1-2H3,(H2,27,28,29). The lowest BCUT2D eigenvalue weighted by Gasteiger charge is -2.37. The van der Waals surface area contributed by atoms with Crippen LogP contribution in [0.3, 0.4) is 0 Å². The highest BCUT2D eigenvalue weighted by Gasteiger charge is 2.31. The Morgan fingerprint density at radius 3 is 2.31 bits per heavy atom. The lowest BCUT2D eigenvalue weighted by molar-refractivity contribution is 0.131. The molecule has 3 N–H and O–H groups in total. The van der Waals surface area contributed by atoms with Crippen LogP contribution in [0.2, 0.25) is 0 Å². The van der Waals surface area contributed by atoms with Gasteiger partial charge in [-0.05, 0) is 49.3 Å². The van der Waals surface area contributed by atoms with Crippen molar-refractivity contribution in [2.45, 2.75) is 65.5 Å². The van der Waals surface area contributed by atoms with Crippen molar-refractivity contribution >= 4 is 5.96 Å². The first-order chi connectivity index (χ1) is 15.7. The van der Waals surface area contributed by atoms with Gasteiger partial charge in [0.2, 0.25) is 0 Å². The highest BCUT2D eigenvalue weighted by molar-refractivity contribution is 5.79. The van der Waals surface area contributed by atoms with Crippen molar-refractivity contribution in [1.82, 2.24) is 20.4 Å². The van der Waals surface area contributed by atoms with Crippen LogP contribution >= 0.6 is 0 Å². The Morgan fingerprint density at radius 2 is 1.66 bits per heavy atom. The fraction of sp³-hybridized carbons (Fsp3) is 0.731. The van der Waals surface area contributed by atoms with E-state index < -0.39 is 0 Å². The molecule has 1 aromatic rings. The summed E-state index contributed by atoms with van der Waals surface area (Å²) in [6, 6.07) is 8.76. The number of hydrogen-bond donors (Lipinski definition) is 3. The van der Waals surface area contributed by atoms with Crippen LogP contribution in [0.4, 0.5) is 0 Å². The van der Waals surface area contributed by atoms with E-state index in [0.717, 1.165) is 51.6 Å². The number of aliphatic hydroxyl groups excluding tert-OH is 1. The minimum Gasteiger partial charge on any atom is -0.396 e. The number of hydrogen-bond acceptors (Lipinski definition) is 4. The average Bonchev–Trinajstić information content (AvgIpc) is 2.83. The van der Waals surface area contributed by atoms with Crippen LogP contribution < -0.4 is 10.6 Å². The first kappa shape index (κ1) is 25.0. The number of piperazine rings is 1. The van der Waals surface area contributed by atoms with Crippen LogP contribution in [0.5, 0.6) is 0 Å². The summed E-state index contributed by atoms with van der Waals surface area (Å²) in [6.07, 6.45) is 7.16. The van der Waals surface area contributed by atoms with Gasteiger partial charge in [-0.2, -0.15) is 0 Å². The van der Waals surface area contributed by atoms with Crippen LogP contribution in [-0.2, 0) is 13.1 Å². The molecular weight excluding hydrogens is 398 g/mol. The van der Waals surface area contributed by atoms with Crippen LogP contribution in [0.1, 0.15) is 63.5 Å². The number of benzene rings is 1. The van der Waals surface area contributed by atoms with E-state index >= 15 is 0 Å². The maximum Gasteiger partial charge on any atom is 0.191 e. The highest BCUT2D eigenvalue weighted by Crippen LogP contribution is 2.38. The summed E-state index contributed by atoms with van der Waals surface area (Å²) < 4.78 is 0. The number of nitrogens with one attached hydrogen (secondary N) is 2. The maximum atomic E-state index is 9.62. The third kappa shape index (κ3) is 7.46. The van der Waals surface area contributed by atoms with Gasteiger partial charge < -0.3 is 20.6 Å². The molecule has 180 valence electrons. The Hall–Kier alpha value is -1.63. The topological polar surface area (TPSA) is 63.1 Å². The van der Waals surface area contributed by atoms with Gasteiger partial charge in [0, 0.05) is 52.4 Å². The van der Waals surface area contributed by atoms with Crippen molar-refractivity contribution in [3.05, 3.63) is 35.4 Å². The second kappa shape index (κ2) is 13.2. The Balaban J connectivity index is 1.61. The van der Waals surface area contributed by atoms with Crippen LogP contribution in [-0.4, -0.2) is 73.3 Å². The molecular formula is C26H45N5O. The number of aliphatic hydroxyl groups is 1. The summed E-state index contributed by atoms with van der Waals surface area (Å²) in [4.78, 5) is 10.0. The summed E-state index contributed by atoms with van der Waals surface area (Å²) >= 11 is 0. The van der Waals surface area contributed by atoms with Gasteiger partial charge in [-0.15, -0.1) is 0 Å². The van der Waals surface area contributed by atoms with Crippen molar-refractivity contribution < 1.29 is 5.11 Å². The quantitative estimate of drug-likeness (QED) is 0.383. The van der Waals surface area contributed by atoms with Crippen molar-refractivity contribution in [2.24, 2.45) is 10.4 Å². The molecule has 0 radical (unpaired) electrons. The molecule has 1 aromatic carbocycles. The molecule has 0 bridgehead atoms. The smallest absolute Gasteiger partial charge is 0.191 e. The first-order valence-corrected chi connectivity index (χ1v) is 12.8. The predicted octanol–water partition coefficient (Wildman–Crippen LogP) is 3.21. The number of aliphatic imine (C=N–C) groups is 1. The second-order valence-corrected chi connectivity index (χ2v) is 9.56. The van der Waals surface area contributed by atoms with Crippen molar-refractivity contribution in [1.29, 1.82) is 0 Å². The molecule has 1 heterocycles. The van der Waals surface area contributed by atoms with Gasteiger partial charge in [0.15, 0.2) is 5.96 Å². The Morgan fingerprint density at radius 1 is 0.969 bits per heavy atom. The van der Waals surface area contributed by atoms with Crippen LogP contribution in [0.25, 0.3) is 0 Å². The number of rotatable bonds is 10. The third-order valence-electron chi connectivity index (χ3n) is 7.36. The monoisotopic (exact) mass is 443 g/mol. The molecule has 0 amide bonds. The minimum atomic E-state index is 0.210. The van der Waals surface area contributed by atoms with E-state index in [1.54, 1.807) is 0 Å².